The summed E-state index contributed by atoms with van der Waals surface area (Å²) in [7, 11) is 0. The van der Waals surface area contributed by atoms with Crippen LogP contribution < -0.4 is 0 Å². The standard InChI is InChI=1S/C13H20O3/c1-9(2)13(14)15-7-3-4-10-5-6-11-12(8-10)16-11/h10-12H,1,3-8H2,2H3. The Kier molecular flexibility index (Phi) is 3.64. The molecule has 2 rings (SSSR count). The van der Waals surface area contributed by atoms with E-state index in [4.69, 9.17) is 9.47 Å². The Balaban J connectivity index is 1.54. The Bertz CT molecular complexity index is 285. The van der Waals surface area contributed by atoms with E-state index in [-0.39, 0.29) is 5.97 Å². The van der Waals surface area contributed by atoms with Gasteiger partial charge in [-0.05, 0) is 44.9 Å². The summed E-state index contributed by atoms with van der Waals surface area (Å²) < 4.78 is 10.5. The number of rotatable bonds is 5. The monoisotopic (exact) mass is 224 g/mol. The van der Waals surface area contributed by atoms with Crippen LogP contribution in [0.2, 0.25) is 0 Å². The minimum atomic E-state index is -0.269. The molecule has 0 N–H and O–H groups in total. The fraction of sp³-hybridized carbons (Fsp3) is 0.769. The van der Waals surface area contributed by atoms with Gasteiger partial charge >= 0.3 is 5.97 Å². The van der Waals surface area contributed by atoms with Crippen molar-refractivity contribution in [2.45, 2.75) is 51.2 Å². The molecule has 0 spiro atoms. The highest BCUT2D eigenvalue weighted by Crippen LogP contribution is 2.40. The van der Waals surface area contributed by atoms with Crippen molar-refractivity contribution in [1.29, 1.82) is 0 Å². The van der Waals surface area contributed by atoms with Gasteiger partial charge in [0.25, 0.3) is 0 Å². The third kappa shape index (κ3) is 3.08. The van der Waals surface area contributed by atoms with Gasteiger partial charge in [0.05, 0.1) is 18.8 Å². The summed E-state index contributed by atoms with van der Waals surface area (Å²) in [5, 5.41) is 0. The first-order chi connectivity index (χ1) is 7.66. The van der Waals surface area contributed by atoms with Crippen molar-refractivity contribution in [1.82, 2.24) is 0 Å². The molecule has 90 valence electrons. The molecule has 3 heteroatoms. The molecular formula is C13H20O3. The lowest BCUT2D eigenvalue weighted by molar-refractivity contribution is -0.139. The molecule has 1 aliphatic carbocycles. The maximum absolute atomic E-state index is 11.1. The van der Waals surface area contributed by atoms with Crippen molar-refractivity contribution in [2.24, 2.45) is 5.92 Å². The van der Waals surface area contributed by atoms with Crippen LogP contribution in [0.4, 0.5) is 0 Å². The lowest BCUT2D eigenvalue weighted by atomic mass is 9.86. The van der Waals surface area contributed by atoms with Crippen LogP contribution in [0.5, 0.6) is 0 Å². The van der Waals surface area contributed by atoms with Gasteiger partial charge in [-0.25, -0.2) is 4.79 Å². The maximum Gasteiger partial charge on any atom is 0.333 e. The Labute approximate surface area is 96.8 Å². The number of hydrogen-bond donors (Lipinski definition) is 0. The van der Waals surface area contributed by atoms with Crippen LogP contribution in [0.3, 0.4) is 0 Å². The second-order valence-corrected chi connectivity index (χ2v) is 4.95. The van der Waals surface area contributed by atoms with E-state index in [1.807, 2.05) is 0 Å². The second kappa shape index (κ2) is 5.00. The highest BCUT2D eigenvalue weighted by Gasteiger charge is 2.43. The van der Waals surface area contributed by atoms with Crippen LogP contribution >= 0.6 is 0 Å². The summed E-state index contributed by atoms with van der Waals surface area (Å²) in [6.45, 7) is 5.75. The molecule has 3 atom stereocenters. The number of esters is 1. The minimum absolute atomic E-state index is 0.269. The normalized spacial score (nSPS) is 31.7. The summed E-state index contributed by atoms with van der Waals surface area (Å²) in [6.07, 6.45) is 6.95. The molecule has 2 aliphatic rings. The van der Waals surface area contributed by atoms with E-state index >= 15 is 0 Å². The zero-order chi connectivity index (χ0) is 11.5. The molecule has 1 aliphatic heterocycles. The first-order valence-electron chi connectivity index (χ1n) is 6.15. The molecule has 1 saturated heterocycles. The molecular weight excluding hydrogens is 204 g/mol. The fourth-order valence-electron chi connectivity index (χ4n) is 2.41. The molecule has 3 nitrogen and oxygen atoms in total. The van der Waals surface area contributed by atoms with Crippen LogP contribution in [0, 0.1) is 5.92 Å². The highest BCUT2D eigenvalue weighted by molar-refractivity contribution is 5.86. The largest absolute Gasteiger partial charge is 0.462 e. The molecule has 2 fully saturated rings. The molecule has 1 saturated carbocycles. The zero-order valence-electron chi connectivity index (χ0n) is 9.91. The van der Waals surface area contributed by atoms with Gasteiger partial charge in [-0.2, -0.15) is 0 Å². The van der Waals surface area contributed by atoms with E-state index in [2.05, 4.69) is 6.58 Å². The molecule has 16 heavy (non-hydrogen) atoms. The molecule has 1 heterocycles. The third-order valence-electron chi connectivity index (χ3n) is 3.45. The average Bonchev–Trinajstić information content (AvgIpc) is 3.02. The van der Waals surface area contributed by atoms with Crippen molar-refractivity contribution >= 4 is 5.97 Å². The van der Waals surface area contributed by atoms with Crippen molar-refractivity contribution in [3.05, 3.63) is 12.2 Å². The van der Waals surface area contributed by atoms with E-state index in [0.29, 0.717) is 24.4 Å². The molecule has 0 radical (unpaired) electrons. The number of carbonyl (C=O) groups excluding carboxylic acids is 1. The van der Waals surface area contributed by atoms with Gasteiger partial charge in [-0.1, -0.05) is 6.58 Å². The van der Waals surface area contributed by atoms with Gasteiger partial charge in [-0.15, -0.1) is 0 Å². The molecule has 0 aromatic heterocycles. The molecule has 3 unspecified atom stereocenters. The Morgan fingerprint density at radius 3 is 2.94 bits per heavy atom. The van der Waals surface area contributed by atoms with Crippen molar-refractivity contribution in [2.75, 3.05) is 6.61 Å². The van der Waals surface area contributed by atoms with Gasteiger partial charge in [-0.3, -0.25) is 0 Å². The van der Waals surface area contributed by atoms with E-state index in [0.717, 1.165) is 18.8 Å². The number of epoxide rings is 1. The number of ether oxygens (including phenoxy) is 2. The van der Waals surface area contributed by atoms with Crippen LogP contribution in [-0.2, 0) is 14.3 Å². The summed E-state index contributed by atoms with van der Waals surface area (Å²) in [4.78, 5) is 11.1. The lowest BCUT2D eigenvalue weighted by Gasteiger charge is -2.18. The summed E-state index contributed by atoms with van der Waals surface area (Å²) in [6, 6.07) is 0. The second-order valence-electron chi connectivity index (χ2n) is 4.95. The molecule has 0 aromatic rings. The molecule has 0 amide bonds. The summed E-state index contributed by atoms with van der Waals surface area (Å²) >= 11 is 0. The number of fused-ring (bicyclic) bond motifs is 1. The van der Waals surface area contributed by atoms with E-state index in [1.165, 1.54) is 19.3 Å². The Morgan fingerprint density at radius 2 is 2.25 bits per heavy atom. The van der Waals surface area contributed by atoms with Gasteiger partial charge in [0.15, 0.2) is 0 Å². The Morgan fingerprint density at radius 1 is 1.44 bits per heavy atom. The van der Waals surface area contributed by atoms with Crippen LogP contribution in [0.1, 0.15) is 39.0 Å². The average molecular weight is 224 g/mol. The van der Waals surface area contributed by atoms with E-state index in [9.17, 15) is 4.79 Å². The topological polar surface area (TPSA) is 38.8 Å². The highest BCUT2D eigenvalue weighted by atomic mass is 16.6. The van der Waals surface area contributed by atoms with Gasteiger partial charge in [0.1, 0.15) is 0 Å². The third-order valence-corrected chi connectivity index (χ3v) is 3.45. The maximum atomic E-state index is 11.1. The predicted molar refractivity (Wildman–Crippen MR) is 61.0 cm³/mol. The van der Waals surface area contributed by atoms with Crippen LogP contribution in [-0.4, -0.2) is 24.8 Å². The first kappa shape index (κ1) is 11.6. The first-order valence-corrected chi connectivity index (χ1v) is 6.15. The van der Waals surface area contributed by atoms with Crippen LogP contribution in [0.15, 0.2) is 12.2 Å². The van der Waals surface area contributed by atoms with Crippen molar-refractivity contribution in [3.63, 3.8) is 0 Å². The Hall–Kier alpha value is -0.830. The van der Waals surface area contributed by atoms with E-state index in [1.54, 1.807) is 6.92 Å². The van der Waals surface area contributed by atoms with Crippen molar-refractivity contribution < 1.29 is 14.3 Å². The predicted octanol–water partition coefficient (Wildman–Crippen LogP) is 2.45. The fourth-order valence-corrected chi connectivity index (χ4v) is 2.41. The lowest BCUT2D eigenvalue weighted by Crippen LogP contribution is -2.14. The van der Waals surface area contributed by atoms with Crippen LogP contribution in [0.25, 0.3) is 0 Å². The van der Waals surface area contributed by atoms with E-state index < -0.39 is 0 Å². The number of carbonyl (C=O) groups is 1. The quantitative estimate of drug-likeness (QED) is 0.311. The van der Waals surface area contributed by atoms with Gasteiger partial charge in [0, 0.05) is 5.57 Å². The molecule has 0 aromatic carbocycles. The SMILES string of the molecule is C=C(C)C(=O)OCCCC1CCC2OC2C1. The molecule has 0 bridgehead atoms. The summed E-state index contributed by atoms with van der Waals surface area (Å²) in [5.74, 6) is 0.501. The minimum Gasteiger partial charge on any atom is -0.462 e. The zero-order valence-corrected chi connectivity index (χ0v) is 9.91. The van der Waals surface area contributed by atoms with Crippen molar-refractivity contribution in [3.8, 4) is 0 Å². The smallest absolute Gasteiger partial charge is 0.333 e. The number of hydrogen-bond acceptors (Lipinski definition) is 3. The summed E-state index contributed by atoms with van der Waals surface area (Å²) in [5.41, 5.74) is 0.479. The van der Waals surface area contributed by atoms with Gasteiger partial charge < -0.3 is 9.47 Å². The van der Waals surface area contributed by atoms with Gasteiger partial charge in [0.2, 0.25) is 0 Å².